The first-order valence-electron chi connectivity index (χ1n) is 4.38. The zero-order valence-electron chi connectivity index (χ0n) is 7.25. The highest BCUT2D eigenvalue weighted by molar-refractivity contribution is 5.14. The standard InChI is InChI=1S/C8H9N.C2H6/c1-2-6-9-8(3-1)7-4-5-7;1-2/h1-3,6-7H,4-5H2;1-2H3. The summed E-state index contributed by atoms with van der Waals surface area (Å²) in [5, 5.41) is 0. The molecule has 0 aromatic carbocycles. The van der Waals surface area contributed by atoms with Crippen LogP contribution in [0.1, 0.15) is 38.3 Å². The molecule has 1 saturated carbocycles. The summed E-state index contributed by atoms with van der Waals surface area (Å²) < 4.78 is 0. The van der Waals surface area contributed by atoms with Gasteiger partial charge in [0.2, 0.25) is 0 Å². The van der Waals surface area contributed by atoms with E-state index in [1.54, 1.807) is 0 Å². The fourth-order valence-electron chi connectivity index (χ4n) is 0.997. The average Bonchev–Trinajstić information content (AvgIpc) is 2.92. The van der Waals surface area contributed by atoms with E-state index in [4.69, 9.17) is 0 Å². The van der Waals surface area contributed by atoms with Gasteiger partial charge in [0.25, 0.3) is 0 Å². The molecule has 1 nitrogen and oxygen atoms in total. The van der Waals surface area contributed by atoms with Crippen LogP contribution in [0.4, 0.5) is 0 Å². The topological polar surface area (TPSA) is 12.9 Å². The van der Waals surface area contributed by atoms with Gasteiger partial charge in [-0.1, -0.05) is 19.9 Å². The monoisotopic (exact) mass is 149 g/mol. The largest absolute Gasteiger partial charge is 0.261 e. The second-order valence-corrected chi connectivity index (χ2v) is 2.53. The normalized spacial score (nSPS) is 15.1. The molecule has 0 atom stereocenters. The molecule has 11 heavy (non-hydrogen) atoms. The van der Waals surface area contributed by atoms with Crippen molar-refractivity contribution < 1.29 is 0 Å². The lowest BCUT2D eigenvalue weighted by Crippen LogP contribution is -1.81. The van der Waals surface area contributed by atoms with Gasteiger partial charge in [0, 0.05) is 17.8 Å². The Balaban J connectivity index is 0.000000281. The maximum atomic E-state index is 4.24. The zero-order chi connectivity index (χ0) is 8.10. The van der Waals surface area contributed by atoms with E-state index >= 15 is 0 Å². The van der Waals surface area contributed by atoms with Gasteiger partial charge in [-0.05, 0) is 25.0 Å². The maximum absolute atomic E-state index is 4.24. The van der Waals surface area contributed by atoms with Crippen molar-refractivity contribution in [1.29, 1.82) is 0 Å². The fourth-order valence-corrected chi connectivity index (χ4v) is 0.997. The zero-order valence-corrected chi connectivity index (χ0v) is 7.25. The molecule has 1 aliphatic carbocycles. The predicted molar refractivity (Wildman–Crippen MR) is 47.6 cm³/mol. The molecule has 0 radical (unpaired) electrons. The van der Waals surface area contributed by atoms with Crippen LogP contribution in [0, 0.1) is 0 Å². The molecule has 1 aliphatic rings. The molecule has 60 valence electrons. The Morgan fingerprint density at radius 3 is 2.45 bits per heavy atom. The Hall–Kier alpha value is -0.850. The molecule has 0 saturated heterocycles. The molecule has 1 heterocycles. The van der Waals surface area contributed by atoms with E-state index in [0.717, 1.165) is 5.92 Å². The lowest BCUT2D eigenvalue weighted by Gasteiger charge is -1.91. The van der Waals surface area contributed by atoms with Gasteiger partial charge in [-0.2, -0.15) is 0 Å². The highest BCUT2D eigenvalue weighted by Crippen LogP contribution is 2.38. The first-order chi connectivity index (χ1) is 5.47. The van der Waals surface area contributed by atoms with Gasteiger partial charge in [-0.15, -0.1) is 0 Å². The summed E-state index contributed by atoms with van der Waals surface area (Å²) in [5.74, 6) is 0.797. The van der Waals surface area contributed by atoms with Crippen LogP contribution in [0.3, 0.4) is 0 Å². The fraction of sp³-hybridized carbons (Fsp3) is 0.500. The van der Waals surface area contributed by atoms with E-state index < -0.39 is 0 Å². The second-order valence-electron chi connectivity index (χ2n) is 2.53. The smallest absolute Gasteiger partial charge is 0.0434 e. The Labute approximate surface area is 68.5 Å². The summed E-state index contributed by atoms with van der Waals surface area (Å²) in [5.41, 5.74) is 1.28. The number of hydrogen-bond donors (Lipinski definition) is 0. The van der Waals surface area contributed by atoms with Crippen LogP contribution in [-0.2, 0) is 0 Å². The van der Waals surface area contributed by atoms with Crippen molar-refractivity contribution in [2.45, 2.75) is 32.6 Å². The first kappa shape index (κ1) is 8.25. The van der Waals surface area contributed by atoms with Gasteiger partial charge in [0.15, 0.2) is 0 Å². The van der Waals surface area contributed by atoms with Crippen molar-refractivity contribution in [2.75, 3.05) is 0 Å². The Morgan fingerprint density at radius 1 is 1.27 bits per heavy atom. The summed E-state index contributed by atoms with van der Waals surface area (Å²) in [6.07, 6.45) is 4.56. The molecule has 0 bridgehead atoms. The minimum atomic E-state index is 0.797. The van der Waals surface area contributed by atoms with Crippen LogP contribution in [0.15, 0.2) is 24.4 Å². The first-order valence-corrected chi connectivity index (χ1v) is 4.38. The molecule has 1 fully saturated rings. The molecule has 0 amide bonds. The van der Waals surface area contributed by atoms with Crippen LogP contribution in [0.2, 0.25) is 0 Å². The quantitative estimate of drug-likeness (QED) is 0.598. The van der Waals surface area contributed by atoms with Crippen molar-refractivity contribution >= 4 is 0 Å². The van der Waals surface area contributed by atoms with Crippen molar-refractivity contribution in [3.8, 4) is 0 Å². The molecule has 0 unspecified atom stereocenters. The van der Waals surface area contributed by atoms with Gasteiger partial charge in [-0.25, -0.2) is 0 Å². The van der Waals surface area contributed by atoms with E-state index in [9.17, 15) is 0 Å². The second kappa shape index (κ2) is 4.12. The number of hydrogen-bond acceptors (Lipinski definition) is 1. The summed E-state index contributed by atoms with van der Waals surface area (Å²) in [6, 6.07) is 6.13. The van der Waals surface area contributed by atoms with Crippen LogP contribution < -0.4 is 0 Å². The van der Waals surface area contributed by atoms with Gasteiger partial charge < -0.3 is 0 Å². The summed E-state index contributed by atoms with van der Waals surface area (Å²) in [4.78, 5) is 4.24. The number of rotatable bonds is 1. The van der Waals surface area contributed by atoms with Crippen molar-refractivity contribution in [3.05, 3.63) is 30.1 Å². The number of aromatic nitrogens is 1. The van der Waals surface area contributed by atoms with Crippen LogP contribution in [-0.4, -0.2) is 4.98 Å². The van der Waals surface area contributed by atoms with Crippen molar-refractivity contribution in [2.24, 2.45) is 0 Å². The van der Waals surface area contributed by atoms with E-state index in [1.165, 1.54) is 18.5 Å². The van der Waals surface area contributed by atoms with Crippen molar-refractivity contribution in [3.63, 3.8) is 0 Å². The minimum absolute atomic E-state index is 0.797. The molecule has 1 aromatic heterocycles. The highest BCUT2D eigenvalue weighted by atomic mass is 14.7. The molecule has 1 heteroatoms. The maximum Gasteiger partial charge on any atom is 0.0434 e. The summed E-state index contributed by atoms with van der Waals surface area (Å²) >= 11 is 0. The van der Waals surface area contributed by atoms with E-state index in [-0.39, 0.29) is 0 Å². The molecule has 0 N–H and O–H groups in total. The Morgan fingerprint density at radius 2 is 2.00 bits per heavy atom. The van der Waals surface area contributed by atoms with Crippen molar-refractivity contribution in [1.82, 2.24) is 4.98 Å². The molecular weight excluding hydrogens is 134 g/mol. The summed E-state index contributed by atoms with van der Waals surface area (Å²) in [7, 11) is 0. The van der Waals surface area contributed by atoms with Crippen LogP contribution in [0.5, 0.6) is 0 Å². The number of nitrogens with zero attached hydrogens (tertiary/aromatic N) is 1. The summed E-state index contributed by atoms with van der Waals surface area (Å²) in [6.45, 7) is 4.00. The lowest BCUT2D eigenvalue weighted by molar-refractivity contribution is 1.02. The van der Waals surface area contributed by atoms with Crippen LogP contribution in [0.25, 0.3) is 0 Å². The minimum Gasteiger partial charge on any atom is -0.261 e. The molecular formula is C10H15N. The van der Waals surface area contributed by atoms with Gasteiger partial charge >= 0.3 is 0 Å². The molecule has 2 rings (SSSR count). The molecule has 0 aliphatic heterocycles. The third-order valence-corrected chi connectivity index (χ3v) is 1.68. The van der Waals surface area contributed by atoms with E-state index in [2.05, 4.69) is 17.1 Å². The lowest BCUT2D eigenvalue weighted by atomic mass is 10.3. The van der Waals surface area contributed by atoms with Crippen LogP contribution >= 0.6 is 0 Å². The van der Waals surface area contributed by atoms with Gasteiger partial charge in [0.05, 0.1) is 0 Å². The molecule has 0 spiro atoms. The average molecular weight is 149 g/mol. The van der Waals surface area contributed by atoms with E-state index in [0.29, 0.717) is 0 Å². The highest BCUT2D eigenvalue weighted by Gasteiger charge is 2.23. The van der Waals surface area contributed by atoms with Gasteiger partial charge in [0.1, 0.15) is 0 Å². The Bertz CT molecular complexity index is 189. The van der Waals surface area contributed by atoms with E-state index in [1.807, 2.05) is 26.1 Å². The van der Waals surface area contributed by atoms with Gasteiger partial charge in [-0.3, -0.25) is 4.98 Å². The predicted octanol–water partition coefficient (Wildman–Crippen LogP) is 2.99. The SMILES string of the molecule is CC.c1ccc(C2CC2)nc1. The molecule has 1 aromatic rings. The number of pyridine rings is 1. The third-order valence-electron chi connectivity index (χ3n) is 1.68. The third kappa shape index (κ3) is 2.34. The Kier molecular flexibility index (Phi) is 3.09.